The van der Waals surface area contributed by atoms with Crippen LogP contribution in [0.5, 0.6) is 0 Å². The molecular weight excluding hydrogens is 408 g/mol. The molecular formula is C21H24N2O4S2. The minimum atomic E-state index is -3.84. The fourth-order valence-electron chi connectivity index (χ4n) is 3.15. The van der Waals surface area contributed by atoms with Crippen molar-refractivity contribution in [3.63, 3.8) is 0 Å². The highest BCUT2D eigenvalue weighted by atomic mass is 32.2. The number of likely N-dealkylation sites (N-methyl/N-ethyl adjacent to an activating group) is 1. The Bertz CT molecular complexity index is 1020. The highest BCUT2D eigenvalue weighted by Gasteiger charge is 2.28. The summed E-state index contributed by atoms with van der Waals surface area (Å²) in [6.45, 7) is 3.83. The fraction of sp³-hybridized carbons (Fsp3) is 0.333. The Kier molecular flexibility index (Phi) is 6.45. The van der Waals surface area contributed by atoms with Gasteiger partial charge in [-0.1, -0.05) is 31.2 Å². The van der Waals surface area contributed by atoms with E-state index < -0.39 is 10.0 Å². The summed E-state index contributed by atoms with van der Waals surface area (Å²) in [6.07, 6.45) is 0.827. The fourth-order valence-corrected chi connectivity index (χ4v) is 5.38. The van der Waals surface area contributed by atoms with Crippen molar-refractivity contribution in [3.05, 3.63) is 54.1 Å². The van der Waals surface area contributed by atoms with Gasteiger partial charge in [-0.15, -0.1) is 11.8 Å². The summed E-state index contributed by atoms with van der Waals surface area (Å²) in [5.74, 6) is -0.400. The zero-order chi connectivity index (χ0) is 21.2. The normalized spacial score (nSPS) is 17.0. The second-order valence-corrected chi connectivity index (χ2v) is 10.6. The lowest BCUT2D eigenvalue weighted by Gasteiger charge is -2.25. The van der Waals surface area contributed by atoms with Crippen LogP contribution in [0.2, 0.25) is 0 Å². The van der Waals surface area contributed by atoms with Crippen molar-refractivity contribution in [2.75, 3.05) is 25.0 Å². The van der Waals surface area contributed by atoms with E-state index in [0.717, 1.165) is 21.3 Å². The third kappa shape index (κ3) is 4.71. The number of thioether (sulfide) groups is 1. The topological polar surface area (TPSA) is 74.8 Å². The molecule has 0 fully saturated rings. The summed E-state index contributed by atoms with van der Waals surface area (Å²) in [5, 5.41) is 0.371. The van der Waals surface area contributed by atoms with Gasteiger partial charge >= 0.3 is 0 Å². The number of anilines is 1. The molecule has 1 atom stereocenters. The molecule has 8 heteroatoms. The van der Waals surface area contributed by atoms with Crippen molar-refractivity contribution in [2.24, 2.45) is 0 Å². The number of benzene rings is 2. The molecule has 2 aromatic rings. The molecule has 6 nitrogen and oxygen atoms in total. The zero-order valence-electron chi connectivity index (χ0n) is 16.7. The lowest BCUT2D eigenvalue weighted by molar-refractivity contribution is -0.118. The molecule has 3 rings (SSSR count). The molecule has 1 heterocycles. The molecule has 0 radical (unpaired) electrons. The van der Waals surface area contributed by atoms with Gasteiger partial charge in [0.25, 0.3) is 0 Å². The summed E-state index contributed by atoms with van der Waals surface area (Å²) in [6, 6.07) is 13.5. The number of amides is 1. The number of para-hydroxylation sites is 1. The summed E-state index contributed by atoms with van der Waals surface area (Å²) < 4.78 is 26.8. The minimum absolute atomic E-state index is 0.0539. The smallest absolute Gasteiger partial charge is 0.243 e. The molecule has 0 bridgehead atoms. The number of sulfonamides is 1. The van der Waals surface area contributed by atoms with E-state index in [1.54, 1.807) is 16.7 Å². The number of ketones is 1. The van der Waals surface area contributed by atoms with Crippen molar-refractivity contribution in [3.8, 4) is 0 Å². The van der Waals surface area contributed by atoms with Gasteiger partial charge in [-0.3, -0.25) is 9.59 Å². The average Bonchev–Trinajstić information content (AvgIpc) is 2.86. The monoisotopic (exact) mass is 432 g/mol. The molecule has 29 heavy (non-hydrogen) atoms. The van der Waals surface area contributed by atoms with Gasteiger partial charge in [-0.05, 0) is 37.6 Å². The first-order valence-corrected chi connectivity index (χ1v) is 11.7. The number of carbonyl (C=O) groups is 2. The van der Waals surface area contributed by atoms with E-state index in [9.17, 15) is 18.0 Å². The third-order valence-electron chi connectivity index (χ3n) is 4.87. The van der Waals surface area contributed by atoms with Crippen LogP contribution in [-0.4, -0.2) is 49.8 Å². The molecule has 0 spiro atoms. The lowest BCUT2D eigenvalue weighted by Crippen LogP contribution is -2.41. The first-order chi connectivity index (χ1) is 13.7. The Morgan fingerprint density at radius 1 is 1.14 bits per heavy atom. The van der Waals surface area contributed by atoms with Crippen LogP contribution >= 0.6 is 11.8 Å². The van der Waals surface area contributed by atoms with Crippen LogP contribution in [0, 0.1) is 0 Å². The van der Waals surface area contributed by atoms with Crippen molar-refractivity contribution in [1.29, 1.82) is 0 Å². The maximum atomic E-state index is 13.0. The predicted octanol–water partition coefficient (Wildman–Crippen LogP) is 3.43. The van der Waals surface area contributed by atoms with E-state index in [0.29, 0.717) is 17.4 Å². The standard InChI is InChI=1S/C21H24N2O4S2/c1-15-12-13-23(19-6-4-5-7-20(19)28-15)21(25)14-22(3)29(26,27)18-10-8-17(9-11-18)16(2)24/h4-11,15H,12-14H2,1-3H3/t15-/m0/s1. The predicted molar refractivity (Wildman–Crippen MR) is 115 cm³/mol. The Balaban J connectivity index is 1.80. The molecule has 0 aromatic heterocycles. The number of Topliss-reactive ketones (excluding diaryl/α,β-unsaturated/α-hetero) is 1. The largest absolute Gasteiger partial charge is 0.310 e. The molecule has 2 aromatic carbocycles. The van der Waals surface area contributed by atoms with Gasteiger partial charge < -0.3 is 4.90 Å². The van der Waals surface area contributed by atoms with Gasteiger partial charge in [-0.25, -0.2) is 8.42 Å². The molecule has 0 aliphatic carbocycles. The van der Waals surface area contributed by atoms with Crippen molar-refractivity contribution in [2.45, 2.75) is 35.3 Å². The van der Waals surface area contributed by atoms with E-state index in [1.165, 1.54) is 38.2 Å². The van der Waals surface area contributed by atoms with Gasteiger partial charge in [0.15, 0.2) is 5.78 Å². The van der Waals surface area contributed by atoms with Crippen molar-refractivity contribution < 1.29 is 18.0 Å². The molecule has 1 aliphatic rings. The van der Waals surface area contributed by atoms with Crippen LogP contribution in [0.4, 0.5) is 5.69 Å². The van der Waals surface area contributed by atoms with Crippen LogP contribution in [0.3, 0.4) is 0 Å². The summed E-state index contributed by atoms with van der Waals surface area (Å²) in [5.41, 5.74) is 1.26. The van der Waals surface area contributed by atoms with Gasteiger partial charge in [0.1, 0.15) is 0 Å². The number of fused-ring (bicyclic) bond motifs is 1. The molecule has 0 unspecified atom stereocenters. The number of nitrogens with zero attached hydrogens (tertiary/aromatic N) is 2. The van der Waals surface area contributed by atoms with E-state index >= 15 is 0 Å². The second-order valence-electron chi connectivity index (χ2n) is 7.07. The molecule has 1 amide bonds. The number of hydrogen-bond donors (Lipinski definition) is 0. The van der Waals surface area contributed by atoms with Gasteiger partial charge in [-0.2, -0.15) is 4.31 Å². The summed E-state index contributed by atoms with van der Waals surface area (Å²) in [4.78, 5) is 27.2. The van der Waals surface area contributed by atoms with E-state index in [1.807, 2.05) is 24.3 Å². The third-order valence-corrected chi connectivity index (χ3v) is 7.93. The Morgan fingerprint density at radius 2 is 1.79 bits per heavy atom. The molecule has 0 N–H and O–H groups in total. The average molecular weight is 433 g/mol. The molecule has 1 aliphatic heterocycles. The lowest BCUT2D eigenvalue weighted by atomic mass is 10.2. The van der Waals surface area contributed by atoms with E-state index in [4.69, 9.17) is 0 Å². The van der Waals surface area contributed by atoms with Gasteiger partial charge in [0.2, 0.25) is 15.9 Å². The summed E-state index contributed by atoms with van der Waals surface area (Å²) in [7, 11) is -2.45. The quantitative estimate of drug-likeness (QED) is 0.677. The highest BCUT2D eigenvalue weighted by molar-refractivity contribution is 8.00. The van der Waals surface area contributed by atoms with E-state index in [2.05, 4.69) is 6.92 Å². The first kappa shape index (κ1) is 21.5. The number of carbonyl (C=O) groups excluding carboxylic acids is 2. The van der Waals surface area contributed by atoms with Crippen molar-refractivity contribution >= 4 is 39.2 Å². The van der Waals surface area contributed by atoms with Crippen LogP contribution in [0.1, 0.15) is 30.6 Å². The van der Waals surface area contributed by atoms with Crippen molar-refractivity contribution in [1.82, 2.24) is 4.31 Å². The molecule has 0 saturated carbocycles. The number of rotatable bonds is 5. The number of hydrogen-bond acceptors (Lipinski definition) is 5. The van der Waals surface area contributed by atoms with Gasteiger partial charge in [0.05, 0.1) is 17.1 Å². The van der Waals surface area contributed by atoms with Crippen LogP contribution in [0.15, 0.2) is 58.3 Å². The minimum Gasteiger partial charge on any atom is -0.310 e. The zero-order valence-corrected chi connectivity index (χ0v) is 18.3. The first-order valence-electron chi connectivity index (χ1n) is 9.33. The SMILES string of the molecule is CC(=O)c1ccc(S(=O)(=O)N(C)CC(=O)N2CC[C@H](C)Sc3ccccc32)cc1. The summed E-state index contributed by atoms with van der Waals surface area (Å²) >= 11 is 1.73. The Hall–Kier alpha value is -2.16. The second kappa shape index (κ2) is 8.69. The highest BCUT2D eigenvalue weighted by Crippen LogP contribution is 2.37. The molecule has 154 valence electrons. The maximum absolute atomic E-state index is 13.0. The van der Waals surface area contributed by atoms with Gasteiger partial charge in [0, 0.05) is 29.3 Å². The van der Waals surface area contributed by atoms with E-state index in [-0.39, 0.29) is 23.1 Å². The Labute approximate surface area is 175 Å². The van der Waals surface area contributed by atoms with Crippen LogP contribution < -0.4 is 4.90 Å². The maximum Gasteiger partial charge on any atom is 0.243 e. The Morgan fingerprint density at radius 3 is 2.45 bits per heavy atom. The van der Waals surface area contributed by atoms with Crippen LogP contribution in [-0.2, 0) is 14.8 Å². The molecule has 0 saturated heterocycles. The van der Waals surface area contributed by atoms with Crippen LogP contribution in [0.25, 0.3) is 0 Å².